The van der Waals surface area contributed by atoms with Crippen molar-refractivity contribution in [2.24, 2.45) is 0 Å². The summed E-state index contributed by atoms with van der Waals surface area (Å²) in [5.74, 6) is 0.933. The van der Waals surface area contributed by atoms with Gasteiger partial charge in [-0.25, -0.2) is 0 Å². The summed E-state index contributed by atoms with van der Waals surface area (Å²) in [6, 6.07) is 0. The first-order chi connectivity index (χ1) is 6.96. The van der Waals surface area contributed by atoms with Crippen LogP contribution in [-0.4, -0.2) is 24.7 Å². The van der Waals surface area contributed by atoms with Crippen LogP contribution < -0.4 is 0 Å². The minimum absolute atomic E-state index is 0.167. The molecule has 0 aromatic rings. The van der Waals surface area contributed by atoms with Gasteiger partial charge in [0.1, 0.15) is 0 Å². The second kappa shape index (κ2) is 5.60. The van der Waals surface area contributed by atoms with Crippen LogP contribution in [0.4, 0.5) is 0 Å². The molecule has 0 unspecified atom stereocenters. The van der Waals surface area contributed by atoms with Crippen molar-refractivity contribution in [2.45, 2.75) is 45.3 Å². The molecule has 2 N–H and O–H groups in total. The summed E-state index contributed by atoms with van der Waals surface area (Å²) in [5.41, 5.74) is 0. The van der Waals surface area contributed by atoms with E-state index < -0.39 is 15.9 Å². The summed E-state index contributed by atoms with van der Waals surface area (Å²) in [7, 11) is -5.73. The highest BCUT2D eigenvalue weighted by molar-refractivity contribution is 7.55. The minimum Gasteiger partial charge on any atom is -0.417 e. The number of hydrogen-bond donors (Lipinski definition) is 2. The van der Waals surface area contributed by atoms with Crippen LogP contribution in [0.15, 0.2) is 11.9 Å². The van der Waals surface area contributed by atoms with Gasteiger partial charge in [0.2, 0.25) is 0 Å². The monoisotopic (exact) mass is 266 g/mol. The van der Waals surface area contributed by atoms with Gasteiger partial charge < -0.3 is 14.2 Å². The Bertz CT molecular complexity index is 288. The van der Waals surface area contributed by atoms with E-state index >= 15 is 0 Å². The van der Waals surface area contributed by atoms with Crippen LogP contribution in [0.1, 0.15) is 27.2 Å². The van der Waals surface area contributed by atoms with Crippen molar-refractivity contribution in [3.8, 4) is 0 Å². The summed E-state index contributed by atoms with van der Waals surface area (Å²) >= 11 is 0. The molecule has 0 saturated heterocycles. The van der Waals surface area contributed by atoms with E-state index in [9.17, 15) is 4.57 Å². The largest absolute Gasteiger partial charge is 0.417 e. The Morgan fingerprint density at radius 1 is 1.31 bits per heavy atom. The SMILES string of the molecule is CC(C)(C)[Si](C)(C)OCC/C=C/P(=O)(O)O. The van der Waals surface area contributed by atoms with Gasteiger partial charge in [0.15, 0.2) is 8.32 Å². The van der Waals surface area contributed by atoms with E-state index in [4.69, 9.17) is 14.2 Å². The zero-order chi connectivity index (χ0) is 13.0. The molecular weight excluding hydrogens is 243 g/mol. The topological polar surface area (TPSA) is 66.8 Å². The Labute approximate surface area is 99.0 Å². The van der Waals surface area contributed by atoms with Gasteiger partial charge in [-0.15, -0.1) is 0 Å². The lowest BCUT2D eigenvalue weighted by Gasteiger charge is -2.36. The molecule has 0 aromatic heterocycles. The van der Waals surface area contributed by atoms with Crippen LogP contribution in [0.2, 0.25) is 18.1 Å². The van der Waals surface area contributed by atoms with Gasteiger partial charge in [-0.3, -0.25) is 4.57 Å². The molecule has 0 radical (unpaired) electrons. The summed E-state index contributed by atoms with van der Waals surface area (Å²) in [4.78, 5) is 17.2. The third-order valence-electron chi connectivity index (χ3n) is 2.85. The molecule has 6 heteroatoms. The first-order valence-electron chi connectivity index (χ1n) is 5.33. The second-order valence-corrected chi connectivity index (χ2v) is 11.7. The van der Waals surface area contributed by atoms with Gasteiger partial charge >= 0.3 is 7.60 Å². The molecule has 0 aliphatic rings. The van der Waals surface area contributed by atoms with Gasteiger partial charge in [-0.2, -0.15) is 0 Å². The molecule has 0 amide bonds. The van der Waals surface area contributed by atoms with E-state index in [1.807, 2.05) is 0 Å². The van der Waals surface area contributed by atoms with E-state index in [0.29, 0.717) is 13.0 Å². The molecule has 0 fully saturated rings. The fourth-order valence-electron chi connectivity index (χ4n) is 0.810. The summed E-state index contributed by atoms with van der Waals surface area (Å²) < 4.78 is 16.4. The molecule has 0 saturated carbocycles. The van der Waals surface area contributed by atoms with Crippen molar-refractivity contribution >= 4 is 15.9 Å². The molecule has 0 spiro atoms. The molecule has 0 rings (SSSR count). The van der Waals surface area contributed by atoms with E-state index in [1.165, 1.54) is 6.08 Å². The molecule has 0 bridgehead atoms. The van der Waals surface area contributed by atoms with Crippen LogP contribution >= 0.6 is 7.60 Å². The van der Waals surface area contributed by atoms with Gasteiger partial charge in [0.05, 0.1) is 0 Å². The molecule has 0 aliphatic heterocycles. The second-order valence-electron chi connectivity index (χ2n) is 5.37. The van der Waals surface area contributed by atoms with Crippen LogP contribution in [0.5, 0.6) is 0 Å². The molecular formula is C10H23O4PSi. The van der Waals surface area contributed by atoms with Gasteiger partial charge in [-0.1, -0.05) is 26.8 Å². The average molecular weight is 266 g/mol. The van der Waals surface area contributed by atoms with Crippen LogP contribution in [0, 0.1) is 0 Å². The fourth-order valence-corrected chi connectivity index (χ4v) is 2.30. The Kier molecular flexibility index (Phi) is 5.63. The Morgan fingerprint density at radius 3 is 2.19 bits per heavy atom. The van der Waals surface area contributed by atoms with E-state index in [2.05, 4.69) is 33.9 Å². The Hall–Kier alpha value is 0.0669. The maximum atomic E-state index is 10.5. The molecule has 16 heavy (non-hydrogen) atoms. The molecule has 0 atom stereocenters. The number of rotatable bonds is 5. The predicted molar refractivity (Wildman–Crippen MR) is 69.0 cm³/mol. The quantitative estimate of drug-likeness (QED) is 0.456. The summed E-state index contributed by atoms with van der Waals surface area (Å²) in [6.45, 7) is 11.3. The van der Waals surface area contributed by atoms with Crippen LogP contribution in [0.25, 0.3) is 0 Å². The fraction of sp³-hybridized carbons (Fsp3) is 0.800. The Morgan fingerprint density at radius 2 is 1.81 bits per heavy atom. The molecule has 4 nitrogen and oxygen atoms in total. The van der Waals surface area contributed by atoms with Gasteiger partial charge in [-0.05, 0) is 24.6 Å². The third kappa shape index (κ3) is 6.61. The summed E-state index contributed by atoms with van der Waals surface area (Å²) in [6.07, 6.45) is 2.02. The minimum atomic E-state index is -4.00. The predicted octanol–water partition coefficient (Wildman–Crippen LogP) is 3.09. The lowest BCUT2D eigenvalue weighted by molar-refractivity contribution is 0.294. The maximum absolute atomic E-state index is 10.5. The zero-order valence-electron chi connectivity index (χ0n) is 10.7. The summed E-state index contributed by atoms with van der Waals surface area (Å²) in [5, 5.41) is 0.167. The lowest BCUT2D eigenvalue weighted by Crippen LogP contribution is -2.40. The van der Waals surface area contributed by atoms with E-state index in [-0.39, 0.29) is 5.04 Å². The first kappa shape index (κ1) is 16.1. The highest BCUT2D eigenvalue weighted by Crippen LogP contribution is 2.37. The van der Waals surface area contributed by atoms with Crippen molar-refractivity contribution in [1.29, 1.82) is 0 Å². The smallest absolute Gasteiger partial charge is 0.348 e. The maximum Gasteiger partial charge on any atom is 0.348 e. The van der Waals surface area contributed by atoms with E-state index in [0.717, 1.165) is 5.82 Å². The van der Waals surface area contributed by atoms with Crippen molar-refractivity contribution in [3.63, 3.8) is 0 Å². The van der Waals surface area contributed by atoms with Crippen molar-refractivity contribution in [3.05, 3.63) is 11.9 Å². The van der Waals surface area contributed by atoms with E-state index in [1.54, 1.807) is 0 Å². The zero-order valence-corrected chi connectivity index (χ0v) is 12.6. The number of hydrogen-bond acceptors (Lipinski definition) is 2. The first-order valence-corrected chi connectivity index (χ1v) is 9.91. The lowest BCUT2D eigenvalue weighted by atomic mass is 10.2. The Balaban J connectivity index is 4.01. The molecule has 96 valence electrons. The van der Waals surface area contributed by atoms with Crippen LogP contribution in [0.3, 0.4) is 0 Å². The van der Waals surface area contributed by atoms with Gasteiger partial charge in [0.25, 0.3) is 0 Å². The normalized spacial score (nSPS) is 14.7. The highest BCUT2D eigenvalue weighted by Gasteiger charge is 2.36. The standard InChI is InChI=1S/C10H23O4PSi/c1-10(2,3)16(4,5)14-8-6-7-9-15(11,12)13/h7,9H,6,8H2,1-5H3,(H2,11,12,13)/b9-7+. The van der Waals surface area contributed by atoms with Crippen molar-refractivity contribution in [1.82, 2.24) is 0 Å². The highest BCUT2D eigenvalue weighted by atomic mass is 31.2. The average Bonchev–Trinajstić information content (AvgIpc) is 1.98. The van der Waals surface area contributed by atoms with Crippen molar-refractivity contribution in [2.75, 3.05) is 6.61 Å². The molecule has 0 aromatic carbocycles. The van der Waals surface area contributed by atoms with Gasteiger partial charge in [0, 0.05) is 12.4 Å². The van der Waals surface area contributed by atoms with Crippen LogP contribution in [-0.2, 0) is 8.99 Å². The molecule has 0 heterocycles. The van der Waals surface area contributed by atoms with Crippen molar-refractivity contribution < 1.29 is 18.8 Å². The molecule has 0 aliphatic carbocycles. The third-order valence-corrected chi connectivity index (χ3v) is 7.99.